The average Bonchev–Trinajstić information content (AvgIpc) is 2.86. The number of hydrogen-bond donors (Lipinski definition) is 1. The van der Waals surface area contributed by atoms with E-state index in [1.807, 2.05) is 0 Å². The Labute approximate surface area is 74.7 Å². The number of nitrogens with zero attached hydrogens (tertiary/aromatic N) is 1. The van der Waals surface area contributed by atoms with Gasteiger partial charge in [-0.2, -0.15) is 0 Å². The van der Waals surface area contributed by atoms with E-state index in [9.17, 15) is 4.39 Å². The van der Waals surface area contributed by atoms with Gasteiger partial charge in [0, 0.05) is 11.4 Å². The van der Waals surface area contributed by atoms with Crippen molar-refractivity contribution in [3.63, 3.8) is 0 Å². The number of pyridine rings is 1. The van der Waals surface area contributed by atoms with Gasteiger partial charge in [0.2, 0.25) is 0 Å². The van der Waals surface area contributed by atoms with Crippen molar-refractivity contribution < 1.29 is 4.39 Å². The lowest BCUT2D eigenvalue weighted by molar-refractivity contribution is 0.626. The van der Waals surface area contributed by atoms with Gasteiger partial charge in [0.15, 0.2) is 5.82 Å². The molecule has 0 unspecified atom stereocenters. The molecule has 1 saturated carbocycles. The van der Waals surface area contributed by atoms with Crippen molar-refractivity contribution in [3.05, 3.63) is 24.3 Å². The third kappa shape index (κ3) is 1.88. The summed E-state index contributed by atoms with van der Waals surface area (Å²) < 4.78 is 15.9. The lowest BCUT2D eigenvalue weighted by Crippen LogP contribution is -1.92. The normalized spacial score (nSPS) is 16.1. The molecule has 1 heterocycles. The largest absolute Gasteiger partial charge is 0.327 e. The Hall–Kier alpha value is -0.770. The lowest BCUT2D eigenvalue weighted by atomic mass is 10.4. The van der Waals surface area contributed by atoms with Crippen LogP contribution in [0.15, 0.2) is 18.5 Å². The van der Waals surface area contributed by atoms with E-state index in [-0.39, 0.29) is 5.82 Å². The van der Waals surface area contributed by atoms with Crippen LogP contribution < -0.4 is 4.72 Å². The minimum atomic E-state index is -0.286. The van der Waals surface area contributed by atoms with Crippen LogP contribution in [0.5, 0.6) is 0 Å². The van der Waals surface area contributed by atoms with E-state index >= 15 is 0 Å². The van der Waals surface area contributed by atoms with E-state index < -0.39 is 0 Å². The number of nitrogens with one attached hydrogen (secondary N) is 1. The van der Waals surface area contributed by atoms with Gasteiger partial charge in [0.25, 0.3) is 0 Å². The first kappa shape index (κ1) is 7.86. The third-order valence-corrected chi connectivity index (χ3v) is 2.77. The maximum atomic E-state index is 12.9. The summed E-state index contributed by atoms with van der Waals surface area (Å²) in [6, 6.07) is 1.64. The van der Waals surface area contributed by atoms with Crippen molar-refractivity contribution in [1.82, 2.24) is 4.98 Å². The van der Waals surface area contributed by atoms with Crippen LogP contribution in [0.25, 0.3) is 0 Å². The zero-order valence-corrected chi connectivity index (χ0v) is 7.27. The second-order valence-corrected chi connectivity index (χ2v) is 3.88. The SMILES string of the molecule is Fc1cnccc1NSC1CC1. The average molecular weight is 184 g/mol. The van der Waals surface area contributed by atoms with E-state index in [4.69, 9.17) is 0 Å². The summed E-state index contributed by atoms with van der Waals surface area (Å²) in [4.78, 5) is 3.66. The molecular weight excluding hydrogens is 175 g/mol. The molecule has 64 valence electrons. The molecule has 1 fully saturated rings. The fourth-order valence-corrected chi connectivity index (χ4v) is 1.62. The van der Waals surface area contributed by atoms with Gasteiger partial charge in [-0.1, -0.05) is 0 Å². The monoisotopic (exact) mass is 184 g/mol. The molecule has 0 radical (unpaired) electrons. The van der Waals surface area contributed by atoms with E-state index in [1.54, 1.807) is 24.2 Å². The van der Waals surface area contributed by atoms with Crippen LogP contribution in [0.3, 0.4) is 0 Å². The number of hydrogen-bond acceptors (Lipinski definition) is 3. The van der Waals surface area contributed by atoms with Crippen molar-refractivity contribution in [2.45, 2.75) is 18.1 Å². The molecule has 0 aromatic carbocycles. The van der Waals surface area contributed by atoms with Crippen molar-refractivity contribution in [1.29, 1.82) is 0 Å². The van der Waals surface area contributed by atoms with Crippen LogP contribution in [0.2, 0.25) is 0 Å². The Bertz CT molecular complexity index is 276. The predicted octanol–water partition coefficient (Wildman–Crippen LogP) is 2.44. The van der Waals surface area contributed by atoms with Gasteiger partial charge < -0.3 is 4.72 Å². The number of halogens is 1. The summed E-state index contributed by atoms with van der Waals surface area (Å²) in [5, 5.41) is 0.678. The Morgan fingerprint density at radius 1 is 1.58 bits per heavy atom. The van der Waals surface area contributed by atoms with Crippen molar-refractivity contribution in [2.75, 3.05) is 4.72 Å². The molecule has 4 heteroatoms. The molecule has 1 aromatic heterocycles. The predicted molar refractivity (Wildman–Crippen MR) is 48.4 cm³/mol. The minimum absolute atomic E-state index is 0.286. The number of aromatic nitrogens is 1. The highest BCUT2D eigenvalue weighted by Gasteiger charge is 2.22. The van der Waals surface area contributed by atoms with E-state index in [0.29, 0.717) is 10.9 Å². The second-order valence-electron chi connectivity index (χ2n) is 2.77. The van der Waals surface area contributed by atoms with Crippen LogP contribution in [0.4, 0.5) is 10.1 Å². The fourth-order valence-electron chi connectivity index (χ4n) is 0.791. The maximum absolute atomic E-state index is 12.9. The maximum Gasteiger partial charge on any atom is 0.165 e. The lowest BCUT2D eigenvalue weighted by Gasteiger charge is -2.03. The van der Waals surface area contributed by atoms with Crippen LogP contribution in [0.1, 0.15) is 12.8 Å². The van der Waals surface area contributed by atoms with E-state index in [1.165, 1.54) is 19.0 Å². The Balaban J connectivity index is 1.96. The summed E-state index contributed by atoms with van der Waals surface area (Å²) in [7, 11) is 0. The van der Waals surface area contributed by atoms with Crippen molar-refractivity contribution in [3.8, 4) is 0 Å². The highest BCUT2D eigenvalue weighted by Crippen LogP contribution is 2.34. The van der Waals surface area contributed by atoms with Gasteiger partial charge in [0.05, 0.1) is 11.9 Å². The second kappa shape index (κ2) is 3.31. The molecule has 0 aliphatic heterocycles. The molecule has 1 aromatic rings. The number of anilines is 1. The summed E-state index contributed by atoms with van der Waals surface area (Å²) in [6.45, 7) is 0. The summed E-state index contributed by atoms with van der Waals surface area (Å²) in [5.74, 6) is -0.286. The van der Waals surface area contributed by atoms with Gasteiger partial charge >= 0.3 is 0 Å². The zero-order chi connectivity index (χ0) is 8.39. The molecular formula is C8H9FN2S. The molecule has 0 atom stereocenters. The number of rotatable bonds is 3. The van der Waals surface area contributed by atoms with Gasteiger partial charge in [-0.05, 0) is 30.9 Å². The van der Waals surface area contributed by atoms with Gasteiger partial charge in [-0.3, -0.25) is 4.98 Å². The van der Waals surface area contributed by atoms with E-state index in [0.717, 1.165) is 0 Å². The Morgan fingerprint density at radius 2 is 2.42 bits per heavy atom. The molecule has 0 bridgehead atoms. The van der Waals surface area contributed by atoms with Crippen LogP contribution in [0, 0.1) is 5.82 Å². The molecule has 12 heavy (non-hydrogen) atoms. The molecule has 0 amide bonds. The quantitative estimate of drug-likeness (QED) is 0.730. The molecule has 0 spiro atoms. The molecule has 1 aliphatic rings. The van der Waals surface area contributed by atoms with Gasteiger partial charge in [-0.15, -0.1) is 0 Å². The highest BCUT2D eigenvalue weighted by atomic mass is 32.2. The highest BCUT2D eigenvalue weighted by molar-refractivity contribution is 8.01. The standard InChI is InChI=1S/C8H9FN2S/c9-7-5-10-4-3-8(7)11-12-6-1-2-6/h3-6H,1-2H2,(H,10,11). The van der Waals surface area contributed by atoms with Gasteiger partial charge in [-0.25, -0.2) is 4.39 Å². The summed E-state index contributed by atoms with van der Waals surface area (Å²) in [6.07, 6.45) is 5.28. The smallest absolute Gasteiger partial charge is 0.165 e. The van der Waals surface area contributed by atoms with E-state index in [2.05, 4.69) is 9.71 Å². The van der Waals surface area contributed by atoms with Crippen molar-refractivity contribution in [2.24, 2.45) is 0 Å². The van der Waals surface area contributed by atoms with Crippen LogP contribution in [-0.2, 0) is 0 Å². The Kier molecular flexibility index (Phi) is 2.17. The molecule has 2 nitrogen and oxygen atoms in total. The zero-order valence-electron chi connectivity index (χ0n) is 6.46. The van der Waals surface area contributed by atoms with Crippen LogP contribution in [-0.4, -0.2) is 10.2 Å². The molecule has 1 N–H and O–H groups in total. The molecule has 1 aliphatic carbocycles. The fraction of sp³-hybridized carbons (Fsp3) is 0.375. The first-order valence-corrected chi connectivity index (χ1v) is 4.75. The first-order valence-electron chi connectivity index (χ1n) is 3.87. The summed E-state index contributed by atoms with van der Waals surface area (Å²) in [5.41, 5.74) is 0.530. The first-order chi connectivity index (χ1) is 5.86. The van der Waals surface area contributed by atoms with Crippen molar-refractivity contribution >= 4 is 17.6 Å². The minimum Gasteiger partial charge on any atom is -0.327 e. The molecule has 2 rings (SSSR count). The third-order valence-electron chi connectivity index (χ3n) is 1.63. The van der Waals surface area contributed by atoms with Gasteiger partial charge in [0.1, 0.15) is 0 Å². The molecule has 0 saturated heterocycles. The topological polar surface area (TPSA) is 24.9 Å². The Morgan fingerprint density at radius 3 is 3.08 bits per heavy atom. The summed E-state index contributed by atoms with van der Waals surface area (Å²) >= 11 is 1.59. The van der Waals surface area contributed by atoms with Crippen LogP contribution >= 0.6 is 11.9 Å².